The third-order valence-electron chi connectivity index (χ3n) is 0. The summed E-state index contributed by atoms with van der Waals surface area (Å²) in [6, 6.07) is 0. The number of carbonyl (C=O) groups is 1. The van der Waals surface area contributed by atoms with Crippen molar-refractivity contribution in [1.82, 2.24) is 0 Å². The molecule has 0 bridgehead atoms. The van der Waals surface area contributed by atoms with Crippen LogP contribution < -0.4 is 0 Å². The Morgan fingerprint density at radius 1 is 1.33 bits per heavy atom. The number of hydrogen-bond acceptors (Lipinski definition) is 1. The van der Waals surface area contributed by atoms with Gasteiger partial charge in [-0.1, -0.05) is 0 Å². The first-order valence-corrected chi connectivity index (χ1v) is 0.651. The Bertz CT molecular complexity index is 33.8. The van der Waals surface area contributed by atoms with Crippen molar-refractivity contribution in [2.75, 3.05) is 0 Å². The molecule has 2 N–H and O–H groups in total. The molecule has 0 rings (SSSR count). The summed E-state index contributed by atoms with van der Waals surface area (Å²) >= 11 is 0. The summed E-state index contributed by atoms with van der Waals surface area (Å²) in [5.41, 5.74) is 0. The van der Waals surface area contributed by atoms with Crippen molar-refractivity contribution in [3.8, 4) is 0 Å². The van der Waals surface area contributed by atoms with Gasteiger partial charge in [-0.25, -0.2) is 4.79 Å². The van der Waals surface area contributed by atoms with E-state index >= 15 is 0 Å². The van der Waals surface area contributed by atoms with E-state index in [1.165, 1.54) is 0 Å². The van der Waals surface area contributed by atoms with E-state index in [1.807, 2.05) is 0 Å². The van der Waals surface area contributed by atoms with Crippen LogP contribution >= 0.6 is 0 Å². The summed E-state index contributed by atoms with van der Waals surface area (Å²) in [7, 11) is 0. The number of hydrogen-bond donors (Lipinski definition) is 2. The molecule has 0 unspecified atom stereocenters. The van der Waals surface area contributed by atoms with Crippen molar-refractivity contribution in [3.63, 3.8) is 0 Å². The Labute approximate surface area is 85.7 Å². The van der Waals surface area contributed by atoms with Crippen molar-refractivity contribution >= 4 is 55.0 Å². The van der Waals surface area contributed by atoms with Gasteiger partial charge in [0.15, 0.2) is 0 Å². The van der Waals surface area contributed by atoms with Crippen LogP contribution in [-0.2, 0) is 17.1 Å². The first kappa shape index (κ1) is 15.7. The van der Waals surface area contributed by atoms with E-state index in [-0.39, 0.29) is 65.9 Å². The Morgan fingerprint density at radius 2 is 1.33 bits per heavy atom. The van der Waals surface area contributed by atoms with Crippen LogP contribution in [-0.4, -0.2) is 65.2 Å². The molecule has 0 aliphatic rings. The number of rotatable bonds is 0. The molecule has 5 heteroatoms. The molecule has 0 amide bonds. The molecular weight excluding hydrogens is 252 g/mol. The van der Waals surface area contributed by atoms with E-state index in [9.17, 15) is 0 Å². The van der Waals surface area contributed by atoms with Gasteiger partial charge in [0.1, 0.15) is 0 Å². The van der Waals surface area contributed by atoms with Crippen LogP contribution in [0.15, 0.2) is 0 Å². The standard InChI is InChI=1S/CH2O3.Ba.Mn.2H/c2-1(3)4;;;;/h(H2,2,3,4);;;;. The first-order valence-electron chi connectivity index (χ1n) is 0.651. The third kappa shape index (κ3) is 55.0. The molecule has 3 nitrogen and oxygen atoms in total. The van der Waals surface area contributed by atoms with Gasteiger partial charge < -0.3 is 10.2 Å². The van der Waals surface area contributed by atoms with E-state index in [0.29, 0.717) is 0 Å². The maximum atomic E-state index is 8.56. The largest absolute Gasteiger partial charge is 0 e. The molecule has 0 aliphatic carbocycles. The predicted octanol–water partition coefficient (Wildman–Crippen LogP) is -0.696. The minimum absolute atomic E-state index is 0. The van der Waals surface area contributed by atoms with E-state index in [0.717, 1.165) is 0 Å². The van der Waals surface area contributed by atoms with E-state index < -0.39 is 6.16 Å². The first-order chi connectivity index (χ1) is 1.73. The van der Waals surface area contributed by atoms with Gasteiger partial charge in [0, 0.05) is 17.1 Å². The normalized spacial score (nSPS) is 4.00. The summed E-state index contributed by atoms with van der Waals surface area (Å²) in [5.74, 6) is 0. The van der Waals surface area contributed by atoms with Gasteiger partial charge >= 0.3 is 55.0 Å². The molecule has 0 heterocycles. The molecule has 0 atom stereocenters. The zero-order chi connectivity index (χ0) is 3.58. The molecule has 0 spiro atoms. The topological polar surface area (TPSA) is 57.5 Å². The van der Waals surface area contributed by atoms with Crippen molar-refractivity contribution in [1.29, 1.82) is 0 Å². The summed E-state index contributed by atoms with van der Waals surface area (Å²) in [4.78, 5) is 8.56. The number of carboxylic acid groups (broad SMARTS) is 2. The molecule has 6 heavy (non-hydrogen) atoms. The summed E-state index contributed by atoms with van der Waals surface area (Å²) in [6.45, 7) is 0. The molecule has 35 valence electrons. The molecule has 0 saturated carbocycles. The Morgan fingerprint density at radius 3 is 1.33 bits per heavy atom. The molecule has 0 aromatic heterocycles. The van der Waals surface area contributed by atoms with Crippen molar-refractivity contribution in [3.05, 3.63) is 0 Å². The van der Waals surface area contributed by atoms with E-state index in [1.54, 1.807) is 0 Å². The minimum atomic E-state index is -1.83. The van der Waals surface area contributed by atoms with Gasteiger partial charge in [0.05, 0.1) is 0 Å². The third-order valence-corrected chi connectivity index (χ3v) is 0. The molecule has 0 fully saturated rings. The van der Waals surface area contributed by atoms with Crippen LogP contribution in [0.4, 0.5) is 4.79 Å². The van der Waals surface area contributed by atoms with Crippen molar-refractivity contribution < 1.29 is 32.1 Å². The summed E-state index contributed by atoms with van der Waals surface area (Å²) in [6.07, 6.45) is -1.83. The average molecular weight is 256 g/mol. The van der Waals surface area contributed by atoms with Gasteiger partial charge in [-0.2, -0.15) is 0 Å². The maximum absolute atomic E-state index is 8.56. The van der Waals surface area contributed by atoms with Crippen LogP contribution in [0, 0.1) is 0 Å². The average Bonchev–Trinajstić information content (AvgIpc) is 0.811. The monoisotopic (exact) mass is 257 g/mol. The van der Waals surface area contributed by atoms with Gasteiger partial charge in [-0.15, -0.1) is 0 Å². The second kappa shape index (κ2) is 9.61. The molecule has 0 saturated heterocycles. The minimum Gasteiger partial charge on any atom is 0 e. The van der Waals surface area contributed by atoms with Crippen LogP contribution in [0.1, 0.15) is 0 Å². The molecule has 0 aromatic rings. The smallest absolute Gasteiger partial charge is 0 e. The maximum Gasteiger partial charge on any atom is 0 e. The van der Waals surface area contributed by atoms with E-state index in [4.69, 9.17) is 15.0 Å². The zero-order valence-electron chi connectivity index (χ0n) is 2.18. The summed E-state index contributed by atoms with van der Waals surface area (Å²) < 4.78 is 0. The second-order valence-corrected chi connectivity index (χ2v) is 0.283. The van der Waals surface area contributed by atoms with Crippen molar-refractivity contribution in [2.24, 2.45) is 0 Å². The predicted molar refractivity (Wildman–Crippen MR) is 19.2 cm³/mol. The molecule has 1 radical (unpaired) electrons. The van der Waals surface area contributed by atoms with Gasteiger partial charge in [-0.05, 0) is 0 Å². The zero-order valence-corrected chi connectivity index (χ0v) is 3.36. The van der Waals surface area contributed by atoms with Crippen molar-refractivity contribution in [2.45, 2.75) is 0 Å². The Balaban J connectivity index is -0.0000000450. The van der Waals surface area contributed by atoms with Gasteiger partial charge in [0.2, 0.25) is 0 Å². The van der Waals surface area contributed by atoms with Crippen LogP contribution in [0.25, 0.3) is 0 Å². The van der Waals surface area contributed by atoms with E-state index in [2.05, 4.69) is 0 Å². The molecule has 0 aliphatic heterocycles. The van der Waals surface area contributed by atoms with Crippen LogP contribution in [0.3, 0.4) is 0 Å². The SMILES string of the molecule is O=C(O)O.[BaH2].[Mn]. The fourth-order valence-electron chi connectivity index (χ4n) is 0. The van der Waals surface area contributed by atoms with Crippen LogP contribution in [0.5, 0.6) is 0 Å². The van der Waals surface area contributed by atoms with Crippen LogP contribution in [0.2, 0.25) is 0 Å². The van der Waals surface area contributed by atoms with Gasteiger partial charge in [0.25, 0.3) is 0 Å². The van der Waals surface area contributed by atoms with Gasteiger partial charge in [-0.3, -0.25) is 0 Å². The second-order valence-electron chi connectivity index (χ2n) is 0.283. The Kier molecular flexibility index (Phi) is 25.1. The Hall–Kier alpha value is 1.36. The molecule has 0 aromatic carbocycles. The quantitative estimate of drug-likeness (QED) is 0.564. The fraction of sp³-hybridized carbons (Fsp3) is 0. The fourth-order valence-corrected chi connectivity index (χ4v) is 0. The molecular formula is CH4BaMnO3. The summed E-state index contributed by atoms with van der Waals surface area (Å²) in [5, 5.41) is 13.9.